The molecule has 0 radical (unpaired) electrons. The van der Waals surface area contributed by atoms with E-state index >= 15 is 0 Å². The zero-order chi connectivity index (χ0) is 20.8. The highest BCUT2D eigenvalue weighted by molar-refractivity contribution is 5.72. The van der Waals surface area contributed by atoms with Crippen molar-refractivity contribution in [3.63, 3.8) is 0 Å². The summed E-state index contributed by atoms with van der Waals surface area (Å²) in [6.07, 6.45) is 6.99. The van der Waals surface area contributed by atoms with Crippen LogP contribution in [-0.4, -0.2) is 21.1 Å². The Labute approximate surface area is 169 Å². The van der Waals surface area contributed by atoms with Crippen molar-refractivity contribution in [1.29, 1.82) is 0 Å². The first kappa shape index (κ1) is 21.0. The number of unbranched alkanes of at least 4 members (excludes halogenated alkanes) is 1. The molecule has 2 aromatic rings. The van der Waals surface area contributed by atoms with Crippen molar-refractivity contribution in [3.8, 4) is 11.5 Å². The third-order valence-corrected chi connectivity index (χ3v) is 5.55. The molecule has 0 unspecified atom stereocenters. The van der Waals surface area contributed by atoms with E-state index in [1.807, 2.05) is 0 Å². The number of hydrogen-bond donors (Lipinski definition) is 0. The molecule has 1 saturated carbocycles. The standard InChI is InChI=1S/C21H27N3O5/c1-3-4-5-15-6-8-17(9-7-15)21(25)28-14(2)19-22-23-20(29-19)16-10-12-18(13-11-16)24(26)27/h10-15,17H,3-9H2,1-2H3/t14-,15?,17?/m0/s1. The zero-order valence-corrected chi connectivity index (χ0v) is 16.9. The van der Waals surface area contributed by atoms with Crippen molar-refractivity contribution in [2.75, 3.05) is 0 Å². The number of carbonyl (C=O) groups is 1. The van der Waals surface area contributed by atoms with Gasteiger partial charge in [-0.1, -0.05) is 26.2 Å². The van der Waals surface area contributed by atoms with E-state index in [0.717, 1.165) is 31.6 Å². The molecule has 156 valence electrons. The largest absolute Gasteiger partial charge is 0.452 e. The number of non-ortho nitro benzene ring substituents is 1. The predicted octanol–water partition coefficient (Wildman–Crippen LogP) is 5.25. The highest BCUT2D eigenvalue weighted by Gasteiger charge is 2.29. The number of rotatable bonds is 8. The van der Waals surface area contributed by atoms with Gasteiger partial charge in [0.25, 0.3) is 11.6 Å². The average molecular weight is 401 g/mol. The molecular weight excluding hydrogens is 374 g/mol. The van der Waals surface area contributed by atoms with E-state index in [-0.39, 0.29) is 29.4 Å². The number of hydrogen-bond acceptors (Lipinski definition) is 7. The number of nitrogens with zero attached hydrogens (tertiary/aromatic N) is 3. The van der Waals surface area contributed by atoms with Gasteiger partial charge < -0.3 is 9.15 Å². The summed E-state index contributed by atoms with van der Waals surface area (Å²) in [6.45, 7) is 3.91. The van der Waals surface area contributed by atoms with Crippen LogP contribution in [0.15, 0.2) is 28.7 Å². The van der Waals surface area contributed by atoms with Gasteiger partial charge in [-0.05, 0) is 50.7 Å². The van der Waals surface area contributed by atoms with E-state index in [2.05, 4.69) is 17.1 Å². The van der Waals surface area contributed by atoms with Crippen LogP contribution in [0.5, 0.6) is 0 Å². The molecule has 0 aliphatic heterocycles. The SMILES string of the molecule is CCCCC1CCC(C(=O)O[C@@H](C)c2nnc(-c3ccc([N+](=O)[O-])cc3)o2)CC1. The van der Waals surface area contributed by atoms with Gasteiger partial charge in [0.05, 0.1) is 10.8 Å². The van der Waals surface area contributed by atoms with Crippen molar-refractivity contribution in [2.45, 2.75) is 64.9 Å². The van der Waals surface area contributed by atoms with Gasteiger partial charge in [0.15, 0.2) is 6.10 Å². The van der Waals surface area contributed by atoms with Gasteiger partial charge >= 0.3 is 5.97 Å². The van der Waals surface area contributed by atoms with Gasteiger partial charge in [-0.15, -0.1) is 10.2 Å². The van der Waals surface area contributed by atoms with Crippen LogP contribution in [0.3, 0.4) is 0 Å². The molecule has 3 rings (SSSR count). The molecule has 1 fully saturated rings. The van der Waals surface area contributed by atoms with Gasteiger partial charge in [0, 0.05) is 17.7 Å². The third kappa shape index (κ3) is 5.40. The number of ether oxygens (including phenoxy) is 1. The highest BCUT2D eigenvalue weighted by atomic mass is 16.6. The fourth-order valence-corrected chi connectivity index (χ4v) is 3.74. The molecular formula is C21H27N3O5. The Morgan fingerprint density at radius 3 is 2.55 bits per heavy atom. The molecule has 1 aliphatic rings. The molecule has 8 nitrogen and oxygen atoms in total. The molecule has 1 aromatic carbocycles. The molecule has 0 saturated heterocycles. The lowest BCUT2D eigenvalue weighted by molar-refractivity contribution is -0.384. The van der Waals surface area contributed by atoms with Gasteiger partial charge in [-0.3, -0.25) is 14.9 Å². The lowest BCUT2D eigenvalue weighted by Gasteiger charge is -2.27. The maximum Gasteiger partial charge on any atom is 0.309 e. The summed E-state index contributed by atoms with van der Waals surface area (Å²) < 4.78 is 11.2. The summed E-state index contributed by atoms with van der Waals surface area (Å²) >= 11 is 0. The van der Waals surface area contributed by atoms with Crippen molar-refractivity contribution in [2.24, 2.45) is 11.8 Å². The Balaban J connectivity index is 1.54. The molecule has 0 bridgehead atoms. The van der Waals surface area contributed by atoms with E-state index in [1.54, 1.807) is 19.1 Å². The Bertz CT molecular complexity index is 825. The monoisotopic (exact) mass is 401 g/mol. The van der Waals surface area contributed by atoms with Crippen LogP contribution in [0.2, 0.25) is 0 Å². The quantitative estimate of drug-likeness (QED) is 0.338. The second-order valence-corrected chi connectivity index (χ2v) is 7.69. The normalized spacial score (nSPS) is 20.2. The van der Waals surface area contributed by atoms with Crippen molar-refractivity contribution in [3.05, 3.63) is 40.3 Å². The number of aromatic nitrogens is 2. The Morgan fingerprint density at radius 2 is 1.93 bits per heavy atom. The van der Waals surface area contributed by atoms with Gasteiger partial charge in [-0.25, -0.2) is 0 Å². The molecule has 8 heteroatoms. The van der Waals surface area contributed by atoms with Crippen LogP contribution in [0.1, 0.15) is 70.8 Å². The van der Waals surface area contributed by atoms with E-state index in [0.29, 0.717) is 5.56 Å². The smallest absolute Gasteiger partial charge is 0.309 e. The number of nitro groups is 1. The number of esters is 1. The molecule has 1 heterocycles. The van der Waals surface area contributed by atoms with Crippen molar-refractivity contribution < 1.29 is 18.9 Å². The summed E-state index contributed by atoms with van der Waals surface area (Å²) in [4.78, 5) is 22.8. The minimum atomic E-state index is -0.639. The second kappa shape index (κ2) is 9.62. The number of carbonyl (C=O) groups excluding carboxylic acids is 1. The van der Waals surface area contributed by atoms with Crippen LogP contribution in [-0.2, 0) is 9.53 Å². The van der Waals surface area contributed by atoms with Crippen molar-refractivity contribution >= 4 is 11.7 Å². The first-order valence-electron chi connectivity index (χ1n) is 10.3. The molecule has 1 aromatic heterocycles. The van der Waals surface area contributed by atoms with E-state index < -0.39 is 11.0 Å². The number of nitro benzene ring substituents is 1. The van der Waals surface area contributed by atoms with E-state index in [1.165, 1.54) is 31.4 Å². The summed E-state index contributed by atoms with van der Waals surface area (Å²) in [5.41, 5.74) is 0.554. The summed E-state index contributed by atoms with van der Waals surface area (Å²) in [6, 6.07) is 5.84. The third-order valence-electron chi connectivity index (χ3n) is 5.55. The summed E-state index contributed by atoms with van der Waals surface area (Å²) in [7, 11) is 0. The first-order valence-corrected chi connectivity index (χ1v) is 10.3. The minimum absolute atomic E-state index is 0.0137. The maximum absolute atomic E-state index is 12.5. The topological polar surface area (TPSA) is 108 Å². The zero-order valence-electron chi connectivity index (χ0n) is 16.9. The van der Waals surface area contributed by atoms with Crippen LogP contribution >= 0.6 is 0 Å². The maximum atomic E-state index is 12.5. The molecule has 0 N–H and O–H groups in total. The summed E-state index contributed by atoms with van der Waals surface area (Å²) in [5.74, 6) is 0.906. The van der Waals surface area contributed by atoms with E-state index in [9.17, 15) is 14.9 Å². The Morgan fingerprint density at radius 1 is 1.24 bits per heavy atom. The molecule has 0 amide bonds. The Kier molecular flexibility index (Phi) is 6.95. The van der Waals surface area contributed by atoms with E-state index in [4.69, 9.17) is 9.15 Å². The highest BCUT2D eigenvalue weighted by Crippen LogP contribution is 2.33. The molecule has 1 atom stereocenters. The molecule has 29 heavy (non-hydrogen) atoms. The number of benzene rings is 1. The van der Waals surface area contributed by atoms with Crippen LogP contribution in [0.4, 0.5) is 5.69 Å². The van der Waals surface area contributed by atoms with Gasteiger partial charge in [-0.2, -0.15) is 0 Å². The van der Waals surface area contributed by atoms with Crippen LogP contribution < -0.4 is 0 Å². The first-order chi connectivity index (χ1) is 14.0. The second-order valence-electron chi connectivity index (χ2n) is 7.69. The fraction of sp³-hybridized carbons (Fsp3) is 0.571. The lowest BCUT2D eigenvalue weighted by atomic mass is 9.80. The van der Waals surface area contributed by atoms with Crippen LogP contribution in [0, 0.1) is 22.0 Å². The van der Waals surface area contributed by atoms with Gasteiger partial charge in [0.2, 0.25) is 5.89 Å². The molecule has 0 spiro atoms. The van der Waals surface area contributed by atoms with Crippen LogP contribution in [0.25, 0.3) is 11.5 Å². The minimum Gasteiger partial charge on any atom is -0.452 e. The van der Waals surface area contributed by atoms with Crippen molar-refractivity contribution in [1.82, 2.24) is 10.2 Å². The summed E-state index contributed by atoms with van der Waals surface area (Å²) in [5, 5.41) is 18.7. The molecule has 1 aliphatic carbocycles. The van der Waals surface area contributed by atoms with Gasteiger partial charge in [0.1, 0.15) is 0 Å². The average Bonchev–Trinajstić information content (AvgIpc) is 3.23. The fourth-order valence-electron chi connectivity index (χ4n) is 3.74. The lowest BCUT2D eigenvalue weighted by Crippen LogP contribution is -2.24. The predicted molar refractivity (Wildman–Crippen MR) is 106 cm³/mol. The Hall–Kier alpha value is -2.77.